The zero-order valence-electron chi connectivity index (χ0n) is 10.9. The molecule has 106 valence electrons. The molecule has 0 amide bonds. The number of aliphatic hydroxyl groups excluding tert-OH is 2. The maximum atomic E-state index is 11.6. The number of esters is 1. The van der Waals surface area contributed by atoms with E-state index in [-0.39, 0.29) is 18.6 Å². The number of hydrogen-bond acceptors (Lipinski definition) is 6. The normalized spacial score (nSPS) is 13.1. The van der Waals surface area contributed by atoms with E-state index in [1.165, 1.54) is 24.3 Å². The molecule has 1 rings (SSSR count). The smallest absolute Gasteiger partial charge is 0.379 e. The molecule has 2 atom stereocenters. The van der Waals surface area contributed by atoms with Crippen LogP contribution in [0.4, 0.5) is 0 Å². The van der Waals surface area contributed by atoms with Gasteiger partial charge in [0.1, 0.15) is 6.10 Å². The summed E-state index contributed by atoms with van der Waals surface area (Å²) in [5.41, 5.74) is 0.488. The van der Waals surface area contributed by atoms with Crippen LogP contribution in [-0.2, 0) is 9.53 Å². The van der Waals surface area contributed by atoms with Crippen LogP contribution in [0.15, 0.2) is 24.3 Å². The molecule has 0 aliphatic heterocycles. The fourth-order valence-corrected chi connectivity index (χ4v) is 1.57. The summed E-state index contributed by atoms with van der Waals surface area (Å²) in [6.45, 7) is 1.71. The van der Waals surface area contributed by atoms with Crippen molar-refractivity contribution < 1.29 is 24.5 Å². The van der Waals surface area contributed by atoms with Crippen molar-refractivity contribution in [3.05, 3.63) is 35.4 Å². The number of ketones is 1. The molecule has 20 heavy (non-hydrogen) atoms. The number of nitriles is 1. The fraction of sp³-hybridized carbons (Fsp3) is 0.357. The Labute approximate surface area is 116 Å². The van der Waals surface area contributed by atoms with Crippen LogP contribution >= 0.6 is 0 Å². The van der Waals surface area contributed by atoms with Gasteiger partial charge in [-0.15, -0.1) is 0 Å². The van der Waals surface area contributed by atoms with E-state index < -0.39 is 24.0 Å². The van der Waals surface area contributed by atoms with E-state index in [4.69, 9.17) is 5.26 Å². The summed E-state index contributed by atoms with van der Waals surface area (Å²) in [5, 5.41) is 27.7. The Morgan fingerprint density at radius 3 is 2.40 bits per heavy atom. The molecule has 1 aromatic rings. The first-order valence-electron chi connectivity index (χ1n) is 6.05. The molecule has 0 radical (unpaired) electrons. The van der Waals surface area contributed by atoms with Crippen LogP contribution in [0.25, 0.3) is 0 Å². The summed E-state index contributed by atoms with van der Waals surface area (Å²) in [7, 11) is 0. The topological polar surface area (TPSA) is 108 Å². The van der Waals surface area contributed by atoms with Gasteiger partial charge in [0.05, 0.1) is 25.2 Å². The van der Waals surface area contributed by atoms with E-state index in [0.717, 1.165) is 0 Å². The van der Waals surface area contributed by atoms with E-state index in [0.29, 0.717) is 5.56 Å². The number of ether oxygens (including phenoxy) is 1. The highest BCUT2D eigenvalue weighted by Gasteiger charge is 2.20. The van der Waals surface area contributed by atoms with Crippen molar-refractivity contribution >= 4 is 11.8 Å². The lowest BCUT2D eigenvalue weighted by atomic mass is 10.00. The maximum absolute atomic E-state index is 11.6. The molecule has 1 aromatic carbocycles. The van der Waals surface area contributed by atoms with Gasteiger partial charge in [-0.25, -0.2) is 4.79 Å². The lowest BCUT2D eigenvalue weighted by Crippen LogP contribution is -2.19. The molecular formula is C14H15NO5. The minimum Gasteiger partial charge on any atom is -0.460 e. The largest absolute Gasteiger partial charge is 0.460 e. The van der Waals surface area contributed by atoms with Gasteiger partial charge in [-0.2, -0.15) is 5.26 Å². The predicted molar refractivity (Wildman–Crippen MR) is 68.6 cm³/mol. The quantitative estimate of drug-likeness (QED) is 0.451. The Morgan fingerprint density at radius 1 is 1.30 bits per heavy atom. The highest BCUT2D eigenvalue weighted by atomic mass is 16.5. The zero-order chi connectivity index (χ0) is 15.1. The van der Waals surface area contributed by atoms with Gasteiger partial charge in [0, 0.05) is 5.56 Å². The molecule has 6 nitrogen and oxygen atoms in total. The lowest BCUT2D eigenvalue weighted by molar-refractivity contribution is -0.137. The highest BCUT2D eigenvalue weighted by Crippen LogP contribution is 2.19. The second kappa shape index (κ2) is 7.38. The number of rotatable bonds is 6. The molecule has 0 heterocycles. The van der Waals surface area contributed by atoms with Crippen molar-refractivity contribution in [1.29, 1.82) is 5.26 Å². The summed E-state index contributed by atoms with van der Waals surface area (Å²) in [6.07, 6.45) is -2.63. The van der Waals surface area contributed by atoms with Gasteiger partial charge in [0.2, 0.25) is 0 Å². The van der Waals surface area contributed by atoms with Gasteiger partial charge in [0.15, 0.2) is 0 Å². The van der Waals surface area contributed by atoms with E-state index >= 15 is 0 Å². The number of carbonyl (C=O) groups excluding carboxylic acids is 2. The lowest BCUT2D eigenvalue weighted by Gasteiger charge is -2.15. The van der Waals surface area contributed by atoms with Crippen LogP contribution in [0.1, 0.15) is 35.4 Å². The Balaban J connectivity index is 2.81. The summed E-state index contributed by atoms with van der Waals surface area (Å²) >= 11 is 0. The minimum absolute atomic E-state index is 0.113. The summed E-state index contributed by atoms with van der Waals surface area (Å²) in [5.74, 6) is -1.71. The van der Waals surface area contributed by atoms with Crippen LogP contribution < -0.4 is 0 Å². The standard InChI is InChI=1S/C14H15NO5/c1-2-20-14(19)13(18)10-5-3-9(4-6-10)12(17)11(16)7-8-15/h3-6,11-12,16-17H,2,7H2,1H3. The van der Waals surface area contributed by atoms with Crippen molar-refractivity contribution in [2.75, 3.05) is 6.61 Å². The fourth-order valence-electron chi connectivity index (χ4n) is 1.57. The van der Waals surface area contributed by atoms with Crippen molar-refractivity contribution in [3.63, 3.8) is 0 Å². The predicted octanol–water partition coefficient (Wildman–Crippen LogP) is 0.740. The molecule has 0 aliphatic carbocycles. The number of hydrogen-bond donors (Lipinski definition) is 2. The van der Waals surface area contributed by atoms with Gasteiger partial charge in [-0.1, -0.05) is 24.3 Å². The van der Waals surface area contributed by atoms with Crippen LogP contribution in [0.3, 0.4) is 0 Å². The first-order valence-corrected chi connectivity index (χ1v) is 6.05. The third-order valence-corrected chi connectivity index (χ3v) is 2.64. The van der Waals surface area contributed by atoms with Gasteiger partial charge in [-0.05, 0) is 12.5 Å². The van der Waals surface area contributed by atoms with E-state index in [9.17, 15) is 19.8 Å². The first kappa shape index (κ1) is 15.8. The molecule has 0 fully saturated rings. The molecule has 0 saturated carbocycles. The van der Waals surface area contributed by atoms with E-state index in [1.54, 1.807) is 13.0 Å². The number of nitrogens with zero attached hydrogens (tertiary/aromatic N) is 1. The zero-order valence-corrected chi connectivity index (χ0v) is 10.9. The van der Waals surface area contributed by atoms with Gasteiger partial charge in [-0.3, -0.25) is 4.79 Å². The average molecular weight is 277 g/mol. The third-order valence-electron chi connectivity index (χ3n) is 2.64. The minimum atomic E-state index is -1.22. The SMILES string of the molecule is CCOC(=O)C(=O)c1ccc(C(O)C(O)CC#N)cc1. The second-order valence-electron chi connectivity index (χ2n) is 4.05. The third kappa shape index (κ3) is 3.88. The van der Waals surface area contributed by atoms with Crippen LogP contribution in [0.5, 0.6) is 0 Å². The van der Waals surface area contributed by atoms with Gasteiger partial charge < -0.3 is 14.9 Å². The van der Waals surface area contributed by atoms with E-state index in [1.807, 2.05) is 0 Å². The molecule has 0 spiro atoms. The van der Waals surface area contributed by atoms with Crippen LogP contribution in [-0.4, -0.2) is 34.7 Å². The summed E-state index contributed by atoms with van der Waals surface area (Å²) in [4.78, 5) is 22.9. The summed E-state index contributed by atoms with van der Waals surface area (Å²) < 4.78 is 4.59. The molecule has 6 heteroatoms. The Kier molecular flexibility index (Phi) is 5.84. The average Bonchev–Trinajstić information content (AvgIpc) is 2.46. The molecule has 2 unspecified atom stereocenters. The van der Waals surface area contributed by atoms with Crippen molar-refractivity contribution in [3.8, 4) is 6.07 Å². The second-order valence-corrected chi connectivity index (χ2v) is 4.05. The van der Waals surface area contributed by atoms with E-state index in [2.05, 4.69) is 4.74 Å². The van der Waals surface area contributed by atoms with Gasteiger partial charge >= 0.3 is 5.97 Å². The molecule has 0 bridgehead atoms. The summed E-state index contributed by atoms with van der Waals surface area (Å²) in [6, 6.07) is 7.30. The Bertz CT molecular complexity index is 517. The molecule has 0 aromatic heterocycles. The molecule has 0 aliphatic rings. The van der Waals surface area contributed by atoms with Crippen molar-refractivity contribution in [2.45, 2.75) is 25.6 Å². The molecule has 0 saturated heterocycles. The number of aliphatic hydroxyl groups is 2. The van der Waals surface area contributed by atoms with Crippen molar-refractivity contribution in [2.24, 2.45) is 0 Å². The van der Waals surface area contributed by atoms with Crippen LogP contribution in [0, 0.1) is 11.3 Å². The molecule has 2 N–H and O–H groups in total. The molecular weight excluding hydrogens is 262 g/mol. The Morgan fingerprint density at radius 2 is 1.90 bits per heavy atom. The monoisotopic (exact) mass is 277 g/mol. The number of carbonyl (C=O) groups is 2. The Hall–Kier alpha value is -2.23. The number of benzene rings is 1. The van der Waals surface area contributed by atoms with Gasteiger partial charge in [0.25, 0.3) is 5.78 Å². The highest BCUT2D eigenvalue weighted by molar-refractivity contribution is 6.40. The van der Waals surface area contributed by atoms with Crippen LogP contribution in [0.2, 0.25) is 0 Å². The first-order chi connectivity index (χ1) is 9.51. The maximum Gasteiger partial charge on any atom is 0.379 e. The van der Waals surface area contributed by atoms with Crippen molar-refractivity contribution in [1.82, 2.24) is 0 Å². The number of Topliss-reactive ketones (excluding diaryl/α,β-unsaturated/α-hetero) is 1.